The Bertz CT molecular complexity index is 751. The fraction of sp³-hybridized carbons (Fsp3) is 0.409. The molecule has 3 rings (SSSR count). The molecule has 1 amide bonds. The summed E-state index contributed by atoms with van der Waals surface area (Å²) in [4.78, 5) is 13.8. The molecule has 0 radical (unpaired) electrons. The van der Waals surface area contributed by atoms with Crippen LogP contribution < -0.4 is 0 Å². The molecule has 4 nitrogen and oxygen atoms in total. The number of hydrogen-bond donors (Lipinski definition) is 1. The Balaban J connectivity index is 1.71. The molecular weight excluding hydrogens is 326 g/mol. The van der Waals surface area contributed by atoms with Crippen LogP contribution in [-0.4, -0.2) is 40.9 Å². The smallest absolute Gasteiger partial charge is 0.410 e. The van der Waals surface area contributed by atoms with Gasteiger partial charge < -0.3 is 14.7 Å². The highest BCUT2D eigenvalue weighted by Crippen LogP contribution is 2.31. The number of likely N-dealkylation sites (tertiary alicyclic amines) is 1. The normalized spacial score (nSPS) is 20.7. The Labute approximate surface area is 155 Å². The molecule has 1 N–H and O–H groups in total. The first-order chi connectivity index (χ1) is 12.3. The summed E-state index contributed by atoms with van der Waals surface area (Å²) in [5, 5.41) is 10.7. The molecule has 0 aliphatic carbocycles. The van der Waals surface area contributed by atoms with Crippen molar-refractivity contribution in [3.8, 4) is 11.1 Å². The summed E-state index contributed by atoms with van der Waals surface area (Å²) in [6.45, 7) is 6.44. The number of β-amino-alcohol motifs (C(OH)–C–C–N with tert-alkyl or cyclic N) is 1. The Kier molecular flexibility index (Phi) is 5.33. The number of piperidine rings is 1. The predicted molar refractivity (Wildman–Crippen MR) is 103 cm³/mol. The fourth-order valence-corrected chi connectivity index (χ4v) is 3.39. The van der Waals surface area contributed by atoms with E-state index in [4.69, 9.17) is 4.74 Å². The summed E-state index contributed by atoms with van der Waals surface area (Å²) in [7, 11) is 0. The first kappa shape index (κ1) is 18.5. The molecule has 1 aliphatic heterocycles. The van der Waals surface area contributed by atoms with Crippen molar-refractivity contribution in [3.63, 3.8) is 0 Å². The summed E-state index contributed by atoms with van der Waals surface area (Å²) in [5.74, 6) is 0.0253. The van der Waals surface area contributed by atoms with Crippen LogP contribution >= 0.6 is 0 Å². The summed E-state index contributed by atoms with van der Waals surface area (Å²) >= 11 is 0. The standard InChI is InChI=1S/C22H27NO3/c1-22(2,3)26-21(25)23-13-12-19(20(24)15-23)18-11-7-10-17(14-18)16-8-5-4-6-9-16/h4-11,14,19-20,24H,12-13,15H2,1-3H3. The van der Waals surface area contributed by atoms with Crippen molar-refractivity contribution < 1.29 is 14.6 Å². The van der Waals surface area contributed by atoms with Crippen molar-refractivity contribution in [1.82, 2.24) is 4.90 Å². The number of aliphatic hydroxyl groups is 1. The second kappa shape index (κ2) is 7.50. The van der Waals surface area contributed by atoms with Crippen molar-refractivity contribution in [3.05, 3.63) is 60.2 Å². The van der Waals surface area contributed by atoms with Crippen molar-refractivity contribution in [2.24, 2.45) is 0 Å². The lowest BCUT2D eigenvalue weighted by Crippen LogP contribution is -2.47. The van der Waals surface area contributed by atoms with Gasteiger partial charge in [0.25, 0.3) is 0 Å². The zero-order valence-corrected chi connectivity index (χ0v) is 15.7. The lowest BCUT2D eigenvalue weighted by Gasteiger charge is -2.37. The van der Waals surface area contributed by atoms with E-state index in [0.29, 0.717) is 13.1 Å². The average Bonchev–Trinajstić information content (AvgIpc) is 2.61. The van der Waals surface area contributed by atoms with E-state index in [-0.39, 0.29) is 12.0 Å². The Morgan fingerprint density at radius 3 is 2.42 bits per heavy atom. The van der Waals surface area contributed by atoms with Gasteiger partial charge >= 0.3 is 6.09 Å². The number of benzene rings is 2. The maximum absolute atomic E-state index is 12.2. The number of rotatable bonds is 2. The minimum Gasteiger partial charge on any atom is -0.444 e. The third-order valence-corrected chi connectivity index (χ3v) is 4.66. The van der Waals surface area contributed by atoms with Crippen molar-refractivity contribution >= 4 is 6.09 Å². The number of nitrogens with zero attached hydrogens (tertiary/aromatic N) is 1. The number of amides is 1. The Morgan fingerprint density at radius 2 is 1.77 bits per heavy atom. The van der Waals surface area contributed by atoms with Gasteiger partial charge in [0.15, 0.2) is 0 Å². The van der Waals surface area contributed by atoms with Gasteiger partial charge in [0, 0.05) is 12.5 Å². The molecule has 2 aromatic rings. The van der Waals surface area contributed by atoms with Gasteiger partial charge in [0.2, 0.25) is 0 Å². The van der Waals surface area contributed by atoms with Crippen molar-refractivity contribution in [2.75, 3.05) is 13.1 Å². The molecule has 4 heteroatoms. The molecule has 0 saturated carbocycles. The van der Waals surface area contributed by atoms with Gasteiger partial charge in [0.05, 0.1) is 12.6 Å². The summed E-state index contributed by atoms with van der Waals surface area (Å²) in [5.41, 5.74) is 2.89. The predicted octanol–water partition coefficient (Wildman–Crippen LogP) is 4.44. The van der Waals surface area contributed by atoms with Crippen molar-refractivity contribution in [2.45, 2.75) is 44.8 Å². The zero-order valence-electron chi connectivity index (χ0n) is 15.7. The first-order valence-electron chi connectivity index (χ1n) is 9.15. The SMILES string of the molecule is CC(C)(C)OC(=O)N1CCC(c2cccc(-c3ccccc3)c2)C(O)C1. The maximum atomic E-state index is 12.2. The van der Waals surface area contributed by atoms with Gasteiger partial charge in [0.1, 0.15) is 5.60 Å². The second-order valence-corrected chi connectivity index (χ2v) is 7.88. The third-order valence-electron chi connectivity index (χ3n) is 4.66. The average molecular weight is 353 g/mol. The van der Waals surface area contributed by atoms with Crippen LogP contribution in [0.2, 0.25) is 0 Å². The van der Waals surface area contributed by atoms with E-state index in [1.54, 1.807) is 4.90 Å². The molecule has 0 spiro atoms. The van der Waals surface area contributed by atoms with Gasteiger partial charge in [-0.05, 0) is 43.9 Å². The molecular formula is C22H27NO3. The van der Waals surface area contributed by atoms with E-state index < -0.39 is 11.7 Å². The topological polar surface area (TPSA) is 49.8 Å². The van der Waals surface area contributed by atoms with Crippen LogP contribution in [0.4, 0.5) is 4.79 Å². The molecule has 1 aliphatic rings. The van der Waals surface area contributed by atoms with E-state index in [1.165, 1.54) is 0 Å². The third kappa shape index (κ3) is 4.44. The maximum Gasteiger partial charge on any atom is 0.410 e. The van der Waals surface area contributed by atoms with Gasteiger partial charge in [-0.1, -0.05) is 54.6 Å². The van der Waals surface area contributed by atoms with Crippen LogP contribution in [0, 0.1) is 0 Å². The van der Waals surface area contributed by atoms with Crippen LogP contribution in [-0.2, 0) is 4.74 Å². The number of carbonyl (C=O) groups excluding carboxylic acids is 1. The molecule has 26 heavy (non-hydrogen) atoms. The summed E-state index contributed by atoms with van der Waals surface area (Å²) < 4.78 is 5.42. The van der Waals surface area contributed by atoms with E-state index in [9.17, 15) is 9.90 Å². The fourth-order valence-electron chi connectivity index (χ4n) is 3.39. The van der Waals surface area contributed by atoms with Gasteiger partial charge in [-0.25, -0.2) is 4.79 Å². The molecule has 0 aromatic heterocycles. The molecule has 1 fully saturated rings. The minimum absolute atomic E-state index is 0.0253. The zero-order chi connectivity index (χ0) is 18.7. The van der Waals surface area contributed by atoms with Crippen LogP contribution in [0.1, 0.15) is 38.7 Å². The second-order valence-electron chi connectivity index (χ2n) is 7.88. The molecule has 1 heterocycles. The molecule has 2 aromatic carbocycles. The highest BCUT2D eigenvalue weighted by atomic mass is 16.6. The number of hydrogen-bond acceptors (Lipinski definition) is 3. The summed E-state index contributed by atoms with van der Waals surface area (Å²) in [6, 6.07) is 18.5. The lowest BCUT2D eigenvalue weighted by atomic mass is 9.86. The minimum atomic E-state index is -0.595. The summed E-state index contributed by atoms with van der Waals surface area (Å²) in [6.07, 6.45) is -0.228. The number of aliphatic hydroxyl groups excluding tert-OH is 1. The molecule has 2 unspecified atom stereocenters. The molecule has 2 atom stereocenters. The molecule has 138 valence electrons. The molecule has 1 saturated heterocycles. The molecule has 0 bridgehead atoms. The van der Waals surface area contributed by atoms with E-state index in [0.717, 1.165) is 23.1 Å². The van der Waals surface area contributed by atoms with Crippen LogP contribution in [0.15, 0.2) is 54.6 Å². The first-order valence-corrected chi connectivity index (χ1v) is 9.15. The van der Waals surface area contributed by atoms with Crippen LogP contribution in [0.25, 0.3) is 11.1 Å². The van der Waals surface area contributed by atoms with E-state index >= 15 is 0 Å². The largest absolute Gasteiger partial charge is 0.444 e. The number of ether oxygens (including phenoxy) is 1. The highest BCUT2D eigenvalue weighted by Gasteiger charge is 2.33. The Hall–Kier alpha value is -2.33. The van der Waals surface area contributed by atoms with E-state index in [2.05, 4.69) is 30.3 Å². The Morgan fingerprint density at radius 1 is 1.08 bits per heavy atom. The van der Waals surface area contributed by atoms with Gasteiger partial charge in [-0.3, -0.25) is 0 Å². The lowest BCUT2D eigenvalue weighted by molar-refractivity contribution is -0.00151. The van der Waals surface area contributed by atoms with Crippen molar-refractivity contribution in [1.29, 1.82) is 0 Å². The van der Waals surface area contributed by atoms with Crippen LogP contribution in [0.5, 0.6) is 0 Å². The number of carbonyl (C=O) groups is 1. The highest BCUT2D eigenvalue weighted by molar-refractivity contribution is 5.68. The van der Waals surface area contributed by atoms with Crippen LogP contribution in [0.3, 0.4) is 0 Å². The van der Waals surface area contributed by atoms with Gasteiger partial charge in [-0.2, -0.15) is 0 Å². The monoisotopic (exact) mass is 353 g/mol. The van der Waals surface area contributed by atoms with E-state index in [1.807, 2.05) is 45.0 Å². The van der Waals surface area contributed by atoms with Gasteiger partial charge in [-0.15, -0.1) is 0 Å². The quantitative estimate of drug-likeness (QED) is 0.868.